The molecule has 170 valence electrons. The summed E-state index contributed by atoms with van der Waals surface area (Å²) in [5.41, 5.74) is -0.483. The zero-order chi connectivity index (χ0) is 22.8. The zero-order valence-corrected chi connectivity index (χ0v) is 17.6. The summed E-state index contributed by atoms with van der Waals surface area (Å²) in [6, 6.07) is 5.10. The molecule has 9 heteroatoms. The predicted molar refractivity (Wildman–Crippen MR) is 117 cm³/mol. The first kappa shape index (κ1) is 21.6. The zero-order valence-electron chi connectivity index (χ0n) is 17.6. The van der Waals surface area contributed by atoms with Crippen molar-refractivity contribution in [3.05, 3.63) is 34.5 Å². The first-order valence-electron chi connectivity index (χ1n) is 10.4. The fourth-order valence-corrected chi connectivity index (χ4v) is 3.93. The normalized spacial score (nSPS) is 14.5. The van der Waals surface area contributed by atoms with Gasteiger partial charge in [-0.25, -0.2) is 0 Å². The molecule has 1 saturated heterocycles. The number of piperidine rings is 1. The van der Waals surface area contributed by atoms with Gasteiger partial charge in [-0.3, -0.25) is 9.69 Å². The SMILES string of the molecule is COc1c(-c2cc(O)c(O)c(O)c2)oc2cc(OCCN3CCCCC3)cc(O)c2c1=O. The molecular formula is C23H25NO8. The smallest absolute Gasteiger partial charge is 0.239 e. The van der Waals surface area contributed by atoms with E-state index in [-0.39, 0.29) is 33.8 Å². The molecule has 1 fully saturated rings. The van der Waals surface area contributed by atoms with Crippen LogP contribution in [-0.4, -0.2) is 58.7 Å². The van der Waals surface area contributed by atoms with Gasteiger partial charge in [0, 0.05) is 24.2 Å². The lowest BCUT2D eigenvalue weighted by atomic mass is 10.1. The van der Waals surface area contributed by atoms with E-state index in [4.69, 9.17) is 13.9 Å². The number of rotatable bonds is 6. The average Bonchev–Trinajstić information content (AvgIpc) is 2.77. The second-order valence-electron chi connectivity index (χ2n) is 7.72. The van der Waals surface area contributed by atoms with Crippen LogP contribution in [0.1, 0.15) is 19.3 Å². The van der Waals surface area contributed by atoms with E-state index < -0.39 is 22.7 Å². The van der Waals surface area contributed by atoms with Crippen molar-refractivity contribution in [3.63, 3.8) is 0 Å². The number of phenols is 4. The molecular weight excluding hydrogens is 418 g/mol. The highest BCUT2D eigenvalue weighted by atomic mass is 16.5. The van der Waals surface area contributed by atoms with E-state index in [1.54, 1.807) is 0 Å². The van der Waals surface area contributed by atoms with Crippen LogP contribution in [0.2, 0.25) is 0 Å². The Hall–Kier alpha value is -3.59. The largest absolute Gasteiger partial charge is 0.507 e. The van der Waals surface area contributed by atoms with Crippen LogP contribution in [0.25, 0.3) is 22.3 Å². The Morgan fingerprint density at radius 3 is 2.31 bits per heavy atom. The second-order valence-corrected chi connectivity index (χ2v) is 7.72. The van der Waals surface area contributed by atoms with Gasteiger partial charge >= 0.3 is 0 Å². The van der Waals surface area contributed by atoms with Gasteiger partial charge in [0.25, 0.3) is 0 Å². The quantitative estimate of drug-likeness (QED) is 0.424. The molecule has 4 N–H and O–H groups in total. The highest BCUT2D eigenvalue weighted by Gasteiger charge is 2.22. The van der Waals surface area contributed by atoms with Crippen molar-refractivity contribution in [2.45, 2.75) is 19.3 Å². The van der Waals surface area contributed by atoms with Gasteiger partial charge in [-0.15, -0.1) is 0 Å². The summed E-state index contributed by atoms with van der Waals surface area (Å²) in [6.45, 7) is 3.24. The number of ether oxygens (including phenoxy) is 2. The average molecular weight is 443 g/mol. The monoisotopic (exact) mass is 443 g/mol. The van der Waals surface area contributed by atoms with Gasteiger partial charge in [-0.05, 0) is 38.1 Å². The minimum atomic E-state index is -0.696. The van der Waals surface area contributed by atoms with Crippen molar-refractivity contribution in [2.75, 3.05) is 33.4 Å². The Morgan fingerprint density at radius 2 is 1.66 bits per heavy atom. The van der Waals surface area contributed by atoms with Gasteiger partial charge < -0.3 is 34.3 Å². The molecule has 32 heavy (non-hydrogen) atoms. The fraction of sp³-hybridized carbons (Fsp3) is 0.348. The first-order chi connectivity index (χ1) is 15.4. The summed E-state index contributed by atoms with van der Waals surface area (Å²) in [6.07, 6.45) is 3.60. The third-order valence-corrected chi connectivity index (χ3v) is 5.57. The molecule has 0 saturated carbocycles. The van der Waals surface area contributed by atoms with Crippen LogP contribution < -0.4 is 14.9 Å². The molecule has 4 rings (SSSR count). The van der Waals surface area contributed by atoms with Crippen molar-refractivity contribution in [1.82, 2.24) is 4.90 Å². The van der Waals surface area contributed by atoms with E-state index >= 15 is 0 Å². The number of hydrogen-bond acceptors (Lipinski definition) is 9. The molecule has 2 aromatic carbocycles. The number of benzene rings is 2. The van der Waals surface area contributed by atoms with E-state index in [2.05, 4.69) is 4.90 Å². The fourth-order valence-electron chi connectivity index (χ4n) is 3.93. The predicted octanol–water partition coefficient (Wildman–Crippen LogP) is 3.16. The van der Waals surface area contributed by atoms with E-state index in [0.29, 0.717) is 12.4 Å². The van der Waals surface area contributed by atoms with Gasteiger partial charge in [-0.1, -0.05) is 6.42 Å². The van der Waals surface area contributed by atoms with E-state index in [0.717, 1.165) is 31.8 Å². The highest BCUT2D eigenvalue weighted by Crippen LogP contribution is 2.42. The van der Waals surface area contributed by atoms with Gasteiger partial charge in [-0.2, -0.15) is 0 Å². The van der Waals surface area contributed by atoms with Crippen LogP contribution in [0.3, 0.4) is 0 Å². The number of nitrogens with zero attached hydrogens (tertiary/aromatic N) is 1. The lowest BCUT2D eigenvalue weighted by Crippen LogP contribution is -2.33. The van der Waals surface area contributed by atoms with Gasteiger partial charge in [0.1, 0.15) is 29.1 Å². The Kier molecular flexibility index (Phi) is 6.00. The Bertz CT molecular complexity index is 1170. The van der Waals surface area contributed by atoms with E-state index in [1.807, 2.05) is 0 Å². The number of methoxy groups -OCH3 is 1. The summed E-state index contributed by atoms with van der Waals surface area (Å²) in [4.78, 5) is 15.3. The molecule has 1 aromatic heterocycles. The van der Waals surface area contributed by atoms with Crippen molar-refractivity contribution >= 4 is 11.0 Å². The summed E-state index contributed by atoms with van der Waals surface area (Å²) in [5, 5.41) is 39.7. The van der Waals surface area contributed by atoms with Crippen LogP contribution in [0.5, 0.6) is 34.5 Å². The third-order valence-electron chi connectivity index (χ3n) is 5.57. The summed E-state index contributed by atoms with van der Waals surface area (Å²) >= 11 is 0. The Labute approximate surface area is 183 Å². The Morgan fingerprint density at radius 1 is 0.969 bits per heavy atom. The van der Waals surface area contributed by atoms with E-state index in [9.17, 15) is 25.2 Å². The summed E-state index contributed by atoms with van der Waals surface area (Å²) in [5.74, 6) is -2.17. The molecule has 1 aliphatic rings. The maximum absolute atomic E-state index is 13.0. The van der Waals surface area contributed by atoms with Crippen LogP contribution in [0, 0.1) is 0 Å². The van der Waals surface area contributed by atoms with Crippen LogP contribution >= 0.6 is 0 Å². The third kappa shape index (κ3) is 4.11. The minimum absolute atomic E-state index is 0.0471. The number of hydrogen-bond donors (Lipinski definition) is 4. The van der Waals surface area contributed by atoms with Crippen molar-refractivity contribution in [3.8, 4) is 45.8 Å². The van der Waals surface area contributed by atoms with Crippen LogP contribution in [0.4, 0.5) is 0 Å². The minimum Gasteiger partial charge on any atom is -0.507 e. The molecule has 0 unspecified atom stereocenters. The number of phenolic OH excluding ortho intramolecular Hbond substituents is 4. The van der Waals surface area contributed by atoms with Crippen LogP contribution in [-0.2, 0) is 0 Å². The molecule has 3 aromatic rings. The first-order valence-corrected chi connectivity index (χ1v) is 10.4. The maximum Gasteiger partial charge on any atom is 0.239 e. The lowest BCUT2D eigenvalue weighted by molar-refractivity contribution is 0.183. The highest BCUT2D eigenvalue weighted by molar-refractivity contribution is 5.88. The maximum atomic E-state index is 13.0. The topological polar surface area (TPSA) is 133 Å². The summed E-state index contributed by atoms with van der Waals surface area (Å²) < 4.78 is 16.8. The molecule has 9 nitrogen and oxygen atoms in total. The molecule has 0 bridgehead atoms. The molecule has 0 spiro atoms. The van der Waals surface area contributed by atoms with Gasteiger partial charge in [0.2, 0.25) is 11.2 Å². The second kappa shape index (κ2) is 8.88. The standard InChI is InChI=1S/C23H25NO8/c1-30-23-21(29)19-15(25)11-14(31-8-7-24-5-3-2-4-6-24)12-18(19)32-22(23)13-9-16(26)20(28)17(27)10-13/h9-12,25-28H,2-8H2,1H3. The number of fused-ring (bicyclic) bond motifs is 1. The molecule has 0 radical (unpaired) electrons. The molecule has 0 amide bonds. The molecule has 0 atom stereocenters. The number of likely N-dealkylation sites (tertiary alicyclic amines) is 1. The van der Waals surface area contributed by atoms with Gasteiger partial charge in [0.05, 0.1) is 7.11 Å². The lowest BCUT2D eigenvalue weighted by Gasteiger charge is -2.26. The molecule has 1 aliphatic heterocycles. The van der Waals surface area contributed by atoms with Crippen LogP contribution in [0.15, 0.2) is 33.5 Å². The number of aromatic hydroxyl groups is 4. The van der Waals surface area contributed by atoms with Crippen molar-refractivity contribution in [2.24, 2.45) is 0 Å². The van der Waals surface area contributed by atoms with E-state index in [1.165, 1.54) is 38.5 Å². The van der Waals surface area contributed by atoms with Gasteiger partial charge in [0.15, 0.2) is 23.0 Å². The Balaban J connectivity index is 1.71. The van der Waals surface area contributed by atoms with Crippen molar-refractivity contribution in [1.29, 1.82) is 0 Å². The molecule has 0 aliphatic carbocycles. The van der Waals surface area contributed by atoms with Crippen molar-refractivity contribution < 1.29 is 34.3 Å². The molecule has 2 heterocycles. The summed E-state index contributed by atoms with van der Waals surface area (Å²) in [7, 11) is 1.26.